The summed E-state index contributed by atoms with van der Waals surface area (Å²) in [5, 5.41) is 2.62. The van der Waals surface area contributed by atoms with Gasteiger partial charge in [-0.2, -0.15) is 0 Å². The molecular weight excluding hydrogens is 332 g/mol. The Kier molecular flexibility index (Phi) is 5.14. The molecular formula is C20H20N2O2S. The minimum absolute atomic E-state index is 0.117. The van der Waals surface area contributed by atoms with Crippen molar-refractivity contribution in [2.24, 2.45) is 0 Å². The minimum Gasteiger partial charge on any atom is -0.491 e. The number of aromatic nitrogens is 1. The molecule has 5 heteroatoms. The molecule has 4 nitrogen and oxygen atoms in total. The molecule has 0 fully saturated rings. The van der Waals surface area contributed by atoms with Crippen LogP contribution in [0.1, 0.15) is 24.3 Å². The fraction of sp³-hybridized carbons (Fsp3) is 0.200. The van der Waals surface area contributed by atoms with Crippen molar-refractivity contribution >= 4 is 22.9 Å². The van der Waals surface area contributed by atoms with Crippen molar-refractivity contribution in [2.45, 2.75) is 20.0 Å². The molecule has 0 unspecified atom stereocenters. The Morgan fingerprint density at radius 1 is 1.08 bits per heavy atom. The first-order chi connectivity index (χ1) is 12.0. The second-order valence-corrected chi connectivity index (χ2v) is 6.79. The number of nitrogens with zero attached hydrogens (tertiary/aromatic N) is 2. The largest absolute Gasteiger partial charge is 0.491 e. The number of thiazole rings is 1. The number of para-hydroxylation sites is 1. The van der Waals surface area contributed by atoms with Gasteiger partial charge >= 0.3 is 0 Å². The Bertz CT molecular complexity index is 842. The third-order valence-corrected chi connectivity index (χ3v) is 4.54. The van der Waals surface area contributed by atoms with Crippen LogP contribution in [0.4, 0.5) is 5.69 Å². The van der Waals surface area contributed by atoms with Crippen LogP contribution in [0.2, 0.25) is 0 Å². The highest BCUT2D eigenvalue weighted by Gasteiger charge is 2.17. The summed E-state index contributed by atoms with van der Waals surface area (Å²) in [4.78, 5) is 18.7. The topological polar surface area (TPSA) is 42.4 Å². The maximum atomic E-state index is 12.6. The van der Waals surface area contributed by atoms with Crippen molar-refractivity contribution in [2.75, 3.05) is 11.9 Å². The number of anilines is 1. The van der Waals surface area contributed by atoms with E-state index in [-0.39, 0.29) is 12.0 Å². The second kappa shape index (κ2) is 7.49. The Hall–Kier alpha value is -2.66. The first-order valence-corrected chi connectivity index (χ1v) is 8.98. The number of rotatable bonds is 5. The molecule has 1 heterocycles. The summed E-state index contributed by atoms with van der Waals surface area (Å²) >= 11 is 1.46. The standard InChI is InChI=1S/C20H20N2O2S/c1-14(2)24-17-11-9-15(10-12-17)19-21-18(13-25-19)20(23)22(3)16-7-5-4-6-8-16/h4-14H,1-3H3. The number of hydrogen-bond acceptors (Lipinski definition) is 4. The fourth-order valence-corrected chi connectivity index (χ4v) is 3.19. The fourth-order valence-electron chi connectivity index (χ4n) is 2.39. The Morgan fingerprint density at radius 3 is 2.40 bits per heavy atom. The Balaban J connectivity index is 1.77. The predicted octanol–water partition coefficient (Wildman–Crippen LogP) is 4.87. The SMILES string of the molecule is CC(C)Oc1ccc(-c2nc(C(=O)N(C)c3ccccc3)cs2)cc1. The Labute approximate surface area is 151 Å². The van der Waals surface area contributed by atoms with E-state index in [9.17, 15) is 4.79 Å². The molecule has 25 heavy (non-hydrogen) atoms. The van der Waals surface area contributed by atoms with E-state index in [4.69, 9.17) is 4.74 Å². The van der Waals surface area contributed by atoms with Gasteiger partial charge in [-0.1, -0.05) is 18.2 Å². The van der Waals surface area contributed by atoms with Crippen LogP contribution in [-0.2, 0) is 0 Å². The first kappa shape index (κ1) is 17.2. The van der Waals surface area contributed by atoms with Crippen molar-refractivity contribution in [3.63, 3.8) is 0 Å². The number of carbonyl (C=O) groups excluding carboxylic acids is 1. The summed E-state index contributed by atoms with van der Waals surface area (Å²) in [6.07, 6.45) is 0.142. The third-order valence-electron chi connectivity index (χ3n) is 3.64. The van der Waals surface area contributed by atoms with Gasteiger partial charge in [-0.05, 0) is 50.2 Å². The summed E-state index contributed by atoms with van der Waals surface area (Å²) in [6, 6.07) is 17.3. The monoisotopic (exact) mass is 352 g/mol. The lowest BCUT2D eigenvalue weighted by Gasteiger charge is -2.15. The summed E-state index contributed by atoms with van der Waals surface area (Å²) in [6.45, 7) is 3.99. The average molecular weight is 352 g/mol. The summed E-state index contributed by atoms with van der Waals surface area (Å²) in [7, 11) is 1.76. The van der Waals surface area contributed by atoms with Crippen molar-refractivity contribution in [3.8, 4) is 16.3 Å². The lowest BCUT2D eigenvalue weighted by Crippen LogP contribution is -2.26. The van der Waals surface area contributed by atoms with Crippen LogP contribution in [0.3, 0.4) is 0 Å². The number of ether oxygens (including phenoxy) is 1. The highest BCUT2D eigenvalue weighted by Crippen LogP contribution is 2.27. The molecule has 0 saturated heterocycles. The van der Waals surface area contributed by atoms with E-state index in [1.54, 1.807) is 17.3 Å². The van der Waals surface area contributed by atoms with Crippen LogP contribution in [0, 0.1) is 0 Å². The quantitative estimate of drug-likeness (QED) is 0.657. The van der Waals surface area contributed by atoms with E-state index >= 15 is 0 Å². The smallest absolute Gasteiger partial charge is 0.277 e. The van der Waals surface area contributed by atoms with Gasteiger partial charge in [0.05, 0.1) is 6.10 Å². The first-order valence-electron chi connectivity index (χ1n) is 8.10. The van der Waals surface area contributed by atoms with Gasteiger partial charge in [-0.15, -0.1) is 11.3 Å². The molecule has 0 aliphatic rings. The minimum atomic E-state index is -0.117. The normalized spacial score (nSPS) is 10.7. The van der Waals surface area contributed by atoms with Crippen LogP contribution in [0.15, 0.2) is 60.0 Å². The van der Waals surface area contributed by atoms with E-state index in [1.807, 2.05) is 68.4 Å². The molecule has 0 bridgehead atoms. The number of hydrogen-bond donors (Lipinski definition) is 0. The highest BCUT2D eigenvalue weighted by molar-refractivity contribution is 7.13. The van der Waals surface area contributed by atoms with Crippen LogP contribution < -0.4 is 9.64 Å². The van der Waals surface area contributed by atoms with Gasteiger partial charge in [-0.25, -0.2) is 4.98 Å². The predicted molar refractivity (Wildman–Crippen MR) is 102 cm³/mol. The molecule has 0 aliphatic carbocycles. The molecule has 0 radical (unpaired) electrons. The molecule has 1 aromatic heterocycles. The average Bonchev–Trinajstić information content (AvgIpc) is 3.11. The molecule has 2 aromatic carbocycles. The summed E-state index contributed by atoms with van der Waals surface area (Å²) < 4.78 is 5.65. The van der Waals surface area contributed by atoms with Gasteiger partial charge in [0.15, 0.2) is 0 Å². The molecule has 0 aliphatic heterocycles. The molecule has 1 amide bonds. The van der Waals surface area contributed by atoms with E-state index in [0.29, 0.717) is 5.69 Å². The van der Waals surface area contributed by atoms with Gasteiger partial charge in [-0.3, -0.25) is 4.79 Å². The lowest BCUT2D eigenvalue weighted by atomic mass is 10.2. The van der Waals surface area contributed by atoms with E-state index < -0.39 is 0 Å². The van der Waals surface area contributed by atoms with Gasteiger partial charge in [0.1, 0.15) is 16.5 Å². The van der Waals surface area contributed by atoms with Crippen molar-refractivity contribution in [3.05, 3.63) is 65.7 Å². The van der Waals surface area contributed by atoms with E-state index in [0.717, 1.165) is 22.0 Å². The van der Waals surface area contributed by atoms with Gasteiger partial charge in [0.2, 0.25) is 0 Å². The van der Waals surface area contributed by atoms with Crippen molar-refractivity contribution in [1.82, 2.24) is 4.98 Å². The van der Waals surface area contributed by atoms with E-state index in [2.05, 4.69) is 4.98 Å². The molecule has 3 rings (SSSR count). The maximum Gasteiger partial charge on any atom is 0.277 e. The zero-order valence-electron chi connectivity index (χ0n) is 14.5. The highest BCUT2D eigenvalue weighted by atomic mass is 32.1. The molecule has 128 valence electrons. The van der Waals surface area contributed by atoms with Crippen molar-refractivity contribution < 1.29 is 9.53 Å². The second-order valence-electron chi connectivity index (χ2n) is 5.93. The number of benzene rings is 2. The van der Waals surface area contributed by atoms with Crippen molar-refractivity contribution in [1.29, 1.82) is 0 Å². The van der Waals surface area contributed by atoms with Gasteiger partial charge in [0.25, 0.3) is 5.91 Å². The van der Waals surface area contributed by atoms with Crippen LogP contribution in [0.5, 0.6) is 5.75 Å². The lowest BCUT2D eigenvalue weighted by molar-refractivity contribution is 0.0989. The zero-order valence-corrected chi connectivity index (χ0v) is 15.3. The molecule has 0 N–H and O–H groups in total. The van der Waals surface area contributed by atoms with Gasteiger partial charge < -0.3 is 9.64 Å². The van der Waals surface area contributed by atoms with Gasteiger partial charge in [0, 0.05) is 23.7 Å². The summed E-state index contributed by atoms with van der Waals surface area (Å²) in [5.74, 6) is 0.712. The van der Waals surface area contributed by atoms with Crippen LogP contribution in [-0.4, -0.2) is 24.0 Å². The van der Waals surface area contributed by atoms with Crippen LogP contribution in [0.25, 0.3) is 10.6 Å². The Morgan fingerprint density at radius 2 is 1.76 bits per heavy atom. The molecule has 0 atom stereocenters. The zero-order chi connectivity index (χ0) is 17.8. The number of amides is 1. The van der Waals surface area contributed by atoms with E-state index in [1.165, 1.54) is 11.3 Å². The maximum absolute atomic E-state index is 12.6. The molecule has 0 spiro atoms. The molecule has 3 aromatic rings. The number of carbonyl (C=O) groups is 1. The third kappa shape index (κ3) is 4.06. The van der Waals surface area contributed by atoms with Crippen LogP contribution >= 0.6 is 11.3 Å². The molecule has 0 saturated carbocycles. The summed E-state index contributed by atoms with van der Waals surface area (Å²) in [5.41, 5.74) is 2.27.